The van der Waals surface area contributed by atoms with Crippen molar-refractivity contribution in [3.8, 4) is 0 Å². The van der Waals surface area contributed by atoms with E-state index < -0.39 is 0 Å². The van der Waals surface area contributed by atoms with Gasteiger partial charge in [0.05, 0.1) is 16.1 Å². The van der Waals surface area contributed by atoms with E-state index in [0.29, 0.717) is 12.2 Å². The second-order valence-corrected chi connectivity index (χ2v) is 6.75. The number of carbonyl (C=O) groups excluding carboxylic acids is 1. The number of nitrogens with zero attached hydrogens (tertiary/aromatic N) is 1. The van der Waals surface area contributed by atoms with Gasteiger partial charge in [0.15, 0.2) is 0 Å². The molecular weight excluding hydrogens is 328 g/mol. The van der Waals surface area contributed by atoms with Crippen LogP contribution in [-0.2, 0) is 4.74 Å². The molecule has 0 fully saturated rings. The van der Waals surface area contributed by atoms with Crippen molar-refractivity contribution >= 4 is 49.1 Å². The number of ether oxygens (including phenoxy) is 1. The first-order valence-corrected chi connectivity index (χ1v) is 7.65. The first-order valence-electron chi connectivity index (χ1n) is 6.04. The van der Waals surface area contributed by atoms with E-state index in [2.05, 4.69) is 26.2 Å². The number of esters is 1. The number of fused-ring (bicyclic) bond motifs is 1. The molecule has 102 valence electrons. The summed E-state index contributed by atoms with van der Waals surface area (Å²) in [6.07, 6.45) is 1.58. The van der Waals surface area contributed by atoms with Crippen LogP contribution >= 0.6 is 27.3 Å². The van der Waals surface area contributed by atoms with E-state index in [1.165, 1.54) is 0 Å². The van der Waals surface area contributed by atoms with E-state index in [1.54, 1.807) is 24.5 Å². The summed E-state index contributed by atoms with van der Waals surface area (Å²) in [4.78, 5) is 17.2. The van der Waals surface area contributed by atoms with E-state index in [0.717, 1.165) is 19.7 Å². The number of hydrogen-bond donors (Lipinski definition) is 1. The molecule has 1 N–H and O–H groups in total. The Morgan fingerprint density at radius 2 is 2.32 bits per heavy atom. The van der Waals surface area contributed by atoms with Crippen molar-refractivity contribution in [1.29, 1.82) is 0 Å². The molecule has 0 spiro atoms. The van der Waals surface area contributed by atoms with Crippen molar-refractivity contribution in [3.05, 3.63) is 21.6 Å². The Bertz CT molecular complexity index is 610. The molecule has 0 saturated heterocycles. The third-order valence-corrected chi connectivity index (χ3v) is 4.01. The number of rotatable bonds is 4. The normalized spacial score (nSPS) is 11.0. The summed E-state index contributed by atoms with van der Waals surface area (Å²) in [5.74, 6) is -0.345. The van der Waals surface area contributed by atoms with Crippen molar-refractivity contribution in [2.24, 2.45) is 0 Å². The lowest BCUT2D eigenvalue weighted by Crippen LogP contribution is -2.15. The van der Waals surface area contributed by atoms with Gasteiger partial charge < -0.3 is 10.1 Å². The van der Waals surface area contributed by atoms with Gasteiger partial charge in [-0.1, -0.05) is 0 Å². The number of nitrogens with one attached hydrogen (secondary N) is 1. The van der Waals surface area contributed by atoms with Gasteiger partial charge in [0.1, 0.15) is 10.4 Å². The summed E-state index contributed by atoms with van der Waals surface area (Å²) in [6.45, 7) is 6.21. The van der Waals surface area contributed by atoms with Crippen LogP contribution in [0.5, 0.6) is 0 Å². The maximum atomic E-state index is 12.0. The Morgan fingerprint density at radius 1 is 1.58 bits per heavy atom. The SMILES string of the molecule is CCOC(=O)c1cnc2sc(Br)cc2c1NC(C)C. The highest BCUT2D eigenvalue weighted by atomic mass is 79.9. The molecule has 0 aliphatic heterocycles. The summed E-state index contributed by atoms with van der Waals surface area (Å²) < 4.78 is 6.07. The first kappa shape index (κ1) is 14.3. The number of anilines is 1. The van der Waals surface area contributed by atoms with Crippen molar-refractivity contribution in [2.45, 2.75) is 26.8 Å². The Hall–Kier alpha value is -1.14. The fourth-order valence-electron chi connectivity index (χ4n) is 1.77. The highest BCUT2D eigenvalue weighted by Crippen LogP contribution is 2.35. The highest BCUT2D eigenvalue weighted by molar-refractivity contribution is 9.11. The number of carbonyl (C=O) groups is 1. The maximum absolute atomic E-state index is 12.0. The average molecular weight is 343 g/mol. The van der Waals surface area contributed by atoms with Crippen LogP contribution in [0.3, 0.4) is 0 Å². The van der Waals surface area contributed by atoms with Gasteiger partial charge in [0.2, 0.25) is 0 Å². The minimum absolute atomic E-state index is 0.220. The minimum Gasteiger partial charge on any atom is -0.462 e. The van der Waals surface area contributed by atoms with Crippen molar-refractivity contribution in [3.63, 3.8) is 0 Å². The van der Waals surface area contributed by atoms with Crippen LogP contribution in [0.4, 0.5) is 5.69 Å². The van der Waals surface area contributed by atoms with Gasteiger partial charge in [-0.25, -0.2) is 9.78 Å². The summed E-state index contributed by atoms with van der Waals surface area (Å²) in [7, 11) is 0. The molecule has 2 heterocycles. The molecule has 0 atom stereocenters. The molecule has 0 aliphatic rings. The molecule has 0 unspecified atom stereocenters. The van der Waals surface area contributed by atoms with Crippen LogP contribution in [0.2, 0.25) is 0 Å². The van der Waals surface area contributed by atoms with E-state index in [4.69, 9.17) is 4.74 Å². The average Bonchev–Trinajstić information content (AvgIpc) is 2.70. The van der Waals surface area contributed by atoms with Gasteiger partial charge in [-0.05, 0) is 42.8 Å². The summed E-state index contributed by atoms with van der Waals surface area (Å²) >= 11 is 4.99. The van der Waals surface area contributed by atoms with Crippen LogP contribution < -0.4 is 5.32 Å². The number of halogens is 1. The second kappa shape index (κ2) is 5.88. The third kappa shape index (κ3) is 3.06. The van der Waals surface area contributed by atoms with Crippen LogP contribution in [-0.4, -0.2) is 23.6 Å². The molecule has 2 rings (SSSR count). The van der Waals surface area contributed by atoms with Gasteiger partial charge in [0.25, 0.3) is 0 Å². The topological polar surface area (TPSA) is 51.2 Å². The molecular formula is C13H15BrN2O2S. The number of pyridine rings is 1. The predicted molar refractivity (Wildman–Crippen MR) is 82.0 cm³/mol. The Morgan fingerprint density at radius 3 is 2.95 bits per heavy atom. The quantitative estimate of drug-likeness (QED) is 0.851. The lowest BCUT2D eigenvalue weighted by atomic mass is 10.1. The van der Waals surface area contributed by atoms with Gasteiger partial charge >= 0.3 is 5.97 Å². The molecule has 0 saturated carbocycles. The zero-order valence-electron chi connectivity index (χ0n) is 11.0. The van der Waals surface area contributed by atoms with Crippen molar-refractivity contribution in [1.82, 2.24) is 4.98 Å². The molecule has 2 aromatic heterocycles. The number of thiophene rings is 1. The molecule has 4 nitrogen and oxygen atoms in total. The minimum atomic E-state index is -0.345. The number of hydrogen-bond acceptors (Lipinski definition) is 5. The van der Waals surface area contributed by atoms with Crippen LogP contribution in [0, 0.1) is 0 Å². The van der Waals surface area contributed by atoms with Gasteiger partial charge in [-0.2, -0.15) is 0 Å². The Balaban J connectivity index is 2.58. The highest BCUT2D eigenvalue weighted by Gasteiger charge is 2.18. The molecule has 2 aromatic rings. The Labute approximate surface area is 124 Å². The van der Waals surface area contributed by atoms with E-state index in [1.807, 2.05) is 19.9 Å². The molecule has 19 heavy (non-hydrogen) atoms. The first-order chi connectivity index (χ1) is 9.02. The monoisotopic (exact) mass is 342 g/mol. The standard InChI is InChI=1S/C13H15BrN2O2S/c1-4-18-13(17)9-6-15-12-8(5-10(14)19-12)11(9)16-7(2)3/h5-7H,4H2,1-3H3,(H,15,16). The number of aromatic nitrogens is 1. The molecule has 0 amide bonds. The fourth-order valence-corrected chi connectivity index (χ4v) is 3.19. The maximum Gasteiger partial charge on any atom is 0.341 e. The van der Waals surface area contributed by atoms with E-state index >= 15 is 0 Å². The predicted octanol–water partition coefficient (Wildman–Crippen LogP) is 4.06. The summed E-state index contributed by atoms with van der Waals surface area (Å²) in [6, 6.07) is 2.19. The molecule has 0 radical (unpaired) electrons. The lowest BCUT2D eigenvalue weighted by molar-refractivity contribution is 0.0527. The molecule has 0 bridgehead atoms. The zero-order valence-corrected chi connectivity index (χ0v) is 13.4. The van der Waals surface area contributed by atoms with Crippen LogP contribution in [0.15, 0.2) is 16.0 Å². The summed E-state index contributed by atoms with van der Waals surface area (Å²) in [5.41, 5.74) is 1.27. The van der Waals surface area contributed by atoms with Crippen LogP contribution in [0.1, 0.15) is 31.1 Å². The second-order valence-electron chi connectivity index (χ2n) is 4.34. The largest absolute Gasteiger partial charge is 0.462 e. The zero-order chi connectivity index (χ0) is 14.0. The molecule has 0 aliphatic carbocycles. The fraction of sp³-hybridized carbons (Fsp3) is 0.385. The molecule has 6 heteroatoms. The van der Waals surface area contributed by atoms with Crippen molar-refractivity contribution in [2.75, 3.05) is 11.9 Å². The van der Waals surface area contributed by atoms with Gasteiger partial charge in [-0.3, -0.25) is 0 Å². The third-order valence-electron chi connectivity index (χ3n) is 2.46. The van der Waals surface area contributed by atoms with Gasteiger partial charge in [0, 0.05) is 17.6 Å². The smallest absolute Gasteiger partial charge is 0.341 e. The van der Waals surface area contributed by atoms with Crippen molar-refractivity contribution < 1.29 is 9.53 Å². The van der Waals surface area contributed by atoms with Crippen LogP contribution in [0.25, 0.3) is 10.2 Å². The summed E-state index contributed by atoms with van der Waals surface area (Å²) in [5, 5.41) is 4.25. The Kier molecular flexibility index (Phi) is 4.42. The lowest BCUT2D eigenvalue weighted by Gasteiger charge is -2.14. The van der Waals surface area contributed by atoms with E-state index in [-0.39, 0.29) is 12.0 Å². The van der Waals surface area contributed by atoms with E-state index in [9.17, 15) is 4.79 Å². The van der Waals surface area contributed by atoms with Gasteiger partial charge in [-0.15, -0.1) is 11.3 Å². The molecule has 0 aromatic carbocycles.